The number of aliphatic hydroxyl groups excluding tert-OH is 1. The average molecular weight is 469 g/mol. The van der Waals surface area contributed by atoms with E-state index in [1.165, 1.54) is 0 Å². The molecule has 0 amide bonds. The number of hydrogen-bond acceptors (Lipinski definition) is 9. The molecule has 2 N–H and O–H groups in total. The Kier molecular flexibility index (Phi) is 5.62. The van der Waals surface area contributed by atoms with Gasteiger partial charge < -0.3 is 25.0 Å². The van der Waals surface area contributed by atoms with Gasteiger partial charge in [-0.3, -0.25) is 4.21 Å². The van der Waals surface area contributed by atoms with Crippen LogP contribution in [0, 0.1) is 11.8 Å². The Balaban J connectivity index is 1.41. The van der Waals surface area contributed by atoms with Gasteiger partial charge >= 0.3 is 0 Å². The molecule has 2 atom stereocenters. The number of hydrogen-bond donors (Lipinski definition) is 2. The second kappa shape index (κ2) is 8.47. The number of ether oxygens (including phenoxy) is 1. The third-order valence-corrected chi connectivity index (χ3v) is 7.56. The molecule has 5 heterocycles. The molecule has 2 aromatic heterocycles. The number of anilines is 3. The van der Waals surface area contributed by atoms with Gasteiger partial charge in [0.05, 0.1) is 34.7 Å². The monoisotopic (exact) mass is 468 g/mol. The molecule has 174 valence electrons. The number of aryl methyl sites for hydroxylation is 1. The summed E-state index contributed by atoms with van der Waals surface area (Å²) in [6, 6.07) is 2.07. The number of pyridine rings is 1. The summed E-state index contributed by atoms with van der Waals surface area (Å²) in [6.07, 6.45) is 2.45. The Labute approximate surface area is 196 Å². The second-order valence-corrected chi connectivity index (χ2v) is 10.6. The van der Waals surface area contributed by atoms with Gasteiger partial charge in [0.15, 0.2) is 11.6 Å². The summed E-state index contributed by atoms with van der Waals surface area (Å²) in [4.78, 5) is 19.3. The maximum Gasteiger partial charge on any atom is 0.227 e. The molecule has 1 saturated heterocycles. The lowest BCUT2D eigenvalue weighted by Gasteiger charge is -2.44. The van der Waals surface area contributed by atoms with Crippen LogP contribution in [-0.2, 0) is 17.2 Å². The van der Waals surface area contributed by atoms with Crippen LogP contribution in [-0.4, -0.2) is 74.4 Å². The summed E-state index contributed by atoms with van der Waals surface area (Å²) in [7, 11) is -1.13. The van der Waals surface area contributed by atoms with Crippen molar-refractivity contribution in [3.63, 3.8) is 0 Å². The number of fused-ring (bicyclic) bond motifs is 4. The van der Waals surface area contributed by atoms with E-state index in [9.17, 15) is 9.32 Å². The first-order valence-electron chi connectivity index (χ1n) is 11.1. The van der Waals surface area contributed by atoms with Crippen LogP contribution in [0.3, 0.4) is 0 Å². The first-order chi connectivity index (χ1) is 15.9. The van der Waals surface area contributed by atoms with Gasteiger partial charge in [-0.1, -0.05) is 5.92 Å². The van der Waals surface area contributed by atoms with Gasteiger partial charge in [-0.15, -0.1) is 5.92 Å². The van der Waals surface area contributed by atoms with Crippen LogP contribution in [0.2, 0.25) is 0 Å². The van der Waals surface area contributed by atoms with Crippen molar-refractivity contribution in [2.45, 2.75) is 43.7 Å². The predicted molar refractivity (Wildman–Crippen MR) is 127 cm³/mol. The Morgan fingerprint density at radius 3 is 3.00 bits per heavy atom. The summed E-state index contributed by atoms with van der Waals surface area (Å²) in [6.45, 7) is 8.26. The summed E-state index contributed by atoms with van der Waals surface area (Å²) in [5, 5.41) is 13.0. The predicted octanol–water partition coefficient (Wildman–Crippen LogP) is 1.18. The van der Waals surface area contributed by atoms with Crippen molar-refractivity contribution >= 4 is 28.4 Å². The van der Waals surface area contributed by atoms with E-state index < -0.39 is 16.3 Å². The maximum atomic E-state index is 12.6. The molecule has 1 fully saturated rings. The van der Waals surface area contributed by atoms with E-state index in [0.717, 1.165) is 35.9 Å². The lowest BCUT2D eigenvalue weighted by molar-refractivity contribution is 0.233. The topological polar surface area (TPSA) is 104 Å². The quantitative estimate of drug-likeness (QED) is 0.640. The van der Waals surface area contributed by atoms with Gasteiger partial charge in [0, 0.05) is 49.6 Å². The molecule has 33 heavy (non-hydrogen) atoms. The van der Waals surface area contributed by atoms with E-state index in [2.05, 4.69) is 31.9 Å². The van der Waals surface area contributed by atoms with Crippen molar-refractivity contribution < 1.29 is 14.1 Å². The van der Waals surface area contributed by atoms with E-state index in [1.54, 1.807) is 13.1 Å². The van der Waals surface area contributed by atoms with Crippen LogP contribution in [0.4, 0.5) is 17.6 Å². The molecular formula is C23H28N6O3S. The van der Waals surface area contributed by atoms with E-state index in [1.807, 2.05) is 19.9 Å². The fourth-order valence-electron chi connectivity index (χ4n) is 4.39. The zero-order chi connectivity index (χ0) is 23.2. The molecule has 3 aliphatic heterocycles. The normalized spacial score (nSPS) is 21.3. The zero-order valence-electron chi connectivity index (χ0n) is 19.1. The Bertz CT molecular complexity index is 1170. The largest absolute Gasteiger partial charge is 0.487 e. The molecule has 0 bridgehead atoms. The van der Waals surface area contributed by atoms with Gasteiger partial charge in [0.2, 0.25) is 5.95 Å². The first kappa shape index (κ1) is 21.9. The number of rotatable bonds is 4. The first-order valence-corrected chi connectivity index (χ1v) is 12.5. The number of nitrogens with zero attached hydrogens (tertiary/aromatic N) is 5. The number of piperazine rings is 1. The highest BCUT2D eigenvalue weighted by atomic mass is 32.2. The zero-order valence-corrected chi connectivity index (χ0v) is 19.9. The van der Waals surface area contributed by atoms with Crippen LogP contribution < -0.4 is 19.9 Å². The molecule has 0 radical (unpaired) electrons. The minimum Gasteiger partial charge on any atom is -0.487 e. The highest BCUT2D eigenvalue weighted by Gasteiger charge is 2.36. The molecule has 0 saturated carbocycles. The van der Waals surface area contributed by atoms with Gasteiger partial charge in [0.25, 0.3) is 0 Å². The molecule has 5 rings (SSSR count). The third kappa shape index (κ3) is 4.11. The van der Waals surface area contributed by atoms with Gasteiger partial charge in [-0.25, -0.2) is 9.97 Å². The van der Waals surface area contributed by atoms with Crippen molar-refractivity contribution in [3.05, 3.63) is 23.5 Å². The molecule has 0 aromatic carbocycles. The molecule has 0 unspecified atom stereocenters. The summed E-state index contributed by atoms with van der Waals surface area (Å²) >= 11 is 0. The van der Waals surface area contributed by atoms with E-state index in [0.29, 0.717) is 42.0 Å². The molecule has 9 nitrogen and oxygen atoms in total. The average Bonchev–Trinajstić information content (AvgIpc) is 3.19. The smallest absolute Gasteiger partial charge is 0.227 e. The van der Waals surface area contributed by atoms with Crippen molar-refractivity contribution in [1.29, 1.82) is 0 Å². The molecule has 0 aliphatic carbocycles. The molecule has 2 aromatic rings. The number of aliphatic hydroxyl groups is 1. The third-order valence-electron chi connectivity index (χ3n) is 6.10. The van der Waals surface area contributed by atoms with E-state index in [-0.39, 0.29) is 12.6 Å². The summed E-state index contributed by atoms with van der Waals surface area (Å²) in [5.41, 5.74) is 1.09. The highest BCUT2D eigenvalue weighted by Crippen LogP contribution is 2.36. The molecule has 10 heteroatoms. The van der Waals surface area contributed by atoms with Gasteiger partial charge in [-0.05, 0) is 20.8 Å². The minimum absolute atomic E-state index is 0.0657. The number of nitrogens with one attached hydrogen (secondary N) is 1. The Morgan fingerprint density at radius 1 is 1.36 bits per heavy atom. The van der Waals surface area contributed by atoms with E-state index in [4.69, 9.17) is 14.7 Å². The Morgan fingerprint density at radius 2 is 2.21 bits per heavy atom. The fraction of sp³-hybridized carbons (Fsp3) is 0.522. The molecular weight excluding hydrogens is 440 g/mol. The molecule has 0 spiro atoms. The minimum atomic E-state index is -1.13. The van der Waals surface area contributed by atoms with Crippen molar-refractivity contribution in [2.24, 2.45) is 0 Å². The summed E-state index contributed by atoms with van der Waals surface area (Å²) in [5.74, 6) is 9.28. The standard InChI is InChI=1S/C23H28N6O3S/c1-4-5-15-10-18-21(24-11-15)29-8-7-28(12-16(29)13-32-18)22-25-17-6-9-33(31)19(17)20(26-22)27-23(2,3)14-30/h10-11,16,30H,6-9,12-14H2,1-3H3,(H,25,26,27)/t16-,33+/m0/s1. The van der Waals surface area contributed by atoms with Crippen molar-refractivity contribution in [2.75, 3.05) is 53.7 Å². The lowest BCUT2D eigenvalue weighted by atomic mass is 10.1. The lowest BCUT2D eigenvalue weighted by Crippen LogP contribution is -2.58. The fourth-order valence-corrected chi connectivity index (χ4v) is 5.69. The van der Waals surface area contributed by atoms with Crippen LogP contribution >= 0.6 is 0 Å². The molecule has 3 aliphatic rings. The van der Waals surface area contributed by atoms with E-state index >= 15 is 0 Å². The van der Waals surface area contributed by atoms with Crippen LogP contribution in [0.1, 0.15) is 32.0 Å². The van der Waals surface area contributed by atoms with Crippen molar-refractivity contribution in [3.8, 4) is 17.6 Å². The number of aromatic nitrogens is 3. The van der Waals surface area contributed by atoms with Crippen LogP contribution in [0.25, 0.3) is 0 Å². The second-order valence-electron chi connectivity index (χ2n) is 9.14. The highest BCUT2D eigenvalue weighted by molar-refractivity contribution is 7.85. The van der Waals surface area contributed by atoms with Crippen molar-refractivity contribution in [1.82, 2.24) is 15.0 Å². The van der Waals surface area contributed by atoms with Crippen LogP contribution in [0.5, 0.6) is 5.75 Å². The SMILES string of the molecule is CC#Cc1cnc2c(c1)OC[C@@H]1CN(c3nc4c(c(NC(C)(C)CO)n3)[S@](=O)CC4)CCN21. The summed E-state index contributed by atoms with van der Waals surface area (Å²) < 4.78 is 18.6. The Hall–Kier alpha value is -2.90. The van der Waals surface area contributed by atoms with Gasteiger partial charge in [0.1, 0.15) is 17.3 Å². The van der Waals surface area contributed by atoms with Crippen LogP contribution in [0.15, 0.2) is 17.2 Å². The van der Waals surface area contributed by atoms with Gasteiger partial charge in [-0.2, -0.15) is 4.98 Å². The maximum absolute atomic E-state index is 12.6.